The third-order valence-electron chi connectivity index (χ3n) is 5.11. The second-order valence-electron chi connectivity index (χ2n) is 7.22. The maximum absolute atomic E-state index is 12.7. The number of nitrogens with one attached hydrogen (secondary N) is 1. The first-order valence-electron chi connectivity index (χ1n) is 9.47. The van der Waals surface area contributed by atoms with Crippen LogP contribution in [0.3, 0.4) is 0 Å². The number of likely N-dealkylation sites (tertiary alicyclic amines) is 1. The van der Waals surface area contributed by atoms with E-state index < -0.39 is 0 Å². The molecule has 0 aliphatic carbocycles. The molecule has 7 heteroatoms. The van der Waals surface area contributed by atoms with Crippen LogP contribution in [-0.4, -0.2) is 53.1 Å². The topological polar surface area (TPSA) is 78.5 Å². The van der Waals surface area contributed by atoms with E-state index in [2.05, 4.69) is 14.9 Å². The maximum atomic E-state index is 12.7. The van der Waals surface area contributed by atoms with Gasteiger partial charge < -0.3 is 19.5 Å². The zero-order chi connectivity index (χ0) is 18.8. The Balaban J connectivity index is 1.44. The van der Waals surface area contributed by atoms with Gasteiger partial charge in [-0.1, -0.05) is 0 Å². The molecule has 2 saturated heterocycles. The average molecular weight is 368 g/mol. The van der Waals surface area contributed by atoms with Gasteiger partial charge in [-0.25, -0.2) is 4.98 Å². The number of carbonyl (C=O) groups excluding carboxylic acids is 1. The van der Waals surface area contributed by atoms with Crippen LogP contribution in [0.2, 0.25) is 0 Å². The van der Waals surface area contributed by atoms with Crippen LogP contribution in [0.1, 0.15) is 35.3 Å². The quantitative estimate of drug-likeness (QED) is 0.893. The number of H-pyrrole nitrogens is 1. The Kier molecular flexibility index (Phi) is 4.83. The largest absolute Gasteiger partial charge is 0.485 e. The van der Waals surface area contributed by atoms with Gasteiger partial charge in [0.05, 0.1) is 6.54 Å². The monoisotopic (exact) mass is 368 g/mol. The normalized spacial score (nSPS) is 19.5. The zero-order valence-corrected chi connectivity index (χ0v) is 15.5. The smallest absolute Gasteiger partial charge is 0.254 e. The molecule has 2 aliphatic heterocycles. The van der Waals surface area contributed by atoms with Crippen LogP contribution in [0.4, 0.5) is 5.82 Å². The summed E-state index contributed by atoms with van der Waals surface area (Å²) in [6.07, 6.45) is 4.85. The van der Waals surface area contributed by atoms with Crippen LogP contribution in [0.15, 0.2) is 35.3 Å². The summed E-state index contributed by atoms with van der Waals surface area (Å²) in [5.74, 6) is 1.55. The molecule has 0 bridgehead atoms. The number of anilines is 1. The van der Waals surface area contributed by atoms with Crippen LogP contribution < -0.4 is 15.2 Å². The molecular weight excluding hydrogens is 344 g/mol. The summed E-state index contributed by atoms with van der Waals surface area (Å²) in [4.78, 5) is 35.5. The third-order valence-corrected chi connectivity index (χ3v) is 5.11. The van der Waals surface area contributed by atoms with Crippen molar-refractivity contribution in [2.24, 2.45) is 0 Å². The summed E-state index contributed by atoms with van der Waals surface area (Å²) in [6, 6.07) is 6.90. The van der Waals surface area contributed by atoms with Crippen molar-refractivity contribution in [3.63, 3.8) is 0 Å². The summed E-state index contributed by atoms with van der Waals surface area (Å²) in [5.41, 5.74) is 0.857. The summed E-state index contributed by atoms with van der Waals surface area (Å²) in [6.45, 7) is 4.92. The molecule has 2 fully saturated rings. The minimum Gasteiger partial charge on any atom is -0.485 e. The summed E-state index contributed by atoms with van der Waals surface area (Å²) < 4.78 is 6.22. The number of aromatic nitrogens is 2. The predicted molar refractivity (Wildman–Crippen MR) is 102 cm³/mol. The molecule has 0 unspecified atom stereocenters. The van der Waals surface area contributed by atoms with Gasteiger partial charge >= 0.3 is 0 Å². The minimum atomic E-state index is -0.254. The van der Waals surface area contributed by atoms with Gasteiger partial charge in [0.15, 0.2) is 11.6 Å². The van der Waals surface area contributed by atoms with Crippen LogP contribution in [-0.2, 0) is 0 Å². The lowest BCUT2D eigenvalue weighted by Gasteiger charge is -2.22. The second-order valence-corrected chi connectivity index (χ2v) is 7.22. The number of hydrogen-bond donors (Lipinski definition) is 1. The molecule has 2 aromatic heterocycles. The van der Waals surface area contributed by atoms with Gasteiger partial charge in [0, 0.05) is 49.6 Å². The van der Waals surface area contributed by atoms with Gasteiger partial charge in [-0.2, -0.15) is 0 Å². The van der Waals surface area contributed by atoms with Crippen LogP contribution in [0.5, 0.6) is 5.75 Å². The van der Waals surface area contributed by atoms with Crippen molar-refractivity contribution in [1.29, 1.82) is 0 Å². The van der Waals surface area contributed by atoms with Crippen molar-refractivity contribution in [3.8, 4) is 5.75 Å². The van der Waals surface area contributed by atoms with Gasteiger partial charge in [-0.05, 0) is 38.0 Å². The van der Waals surface area contributed by atoms with E-state index in [1.54, 1.807) is 24.1 Å². The fourth-order valence-corrected chi connectivity index (χ4v) is 3.82. The Bertz CT molecular complexity index is 889. The van der Waals surface area contributed by atoms with Crippen molar-refractivity contribution < 1.29 is 9.53 Å². The highest BCUT2D eigenvalue weighted by Gasteiger charge is 2.30. The van der Waals surface area contributed by atoms with Crippen molar-refractivity contribution >= 4 is 11.7 Å². The molecular formula is C20H24N4O3. The van der Waals surface area contributed by atoms with Crippen molar-refractivity contribution in [1.82, 2.24) is 14.9 Å². The molecule has 0 spiro atoms. The number of hydrogen-bond acceptors (Lipinski definition) is 5. The summed E-state index contributed by atoms with van der Waals surface area (Å²) in [5, 5.41) is 0. The van der Waals surface area contributed by atoms with Gasteiger partial charge in [0.2, 0.25) is 5.56 Å². The molecule has 27 heavy (non-hydrogen) atoms. The van der Waals surface area contributed by atoms with Gasteiger partial charge in [0.1, 0.15) is 6.10 Å². The molecule has 1 atom stereocenters. The van der Waals surface area contributed by atoms with Gasteiger partial charge in [-0.15, -0.1) is 0 Å². The predicted octanol–water partition coefficient (Wildman–Crippen LogP) is 1.97. The van der Waals surface area contributed by atoms with E-state index in [1.165, 1.54) is 18.9 Å². The number of amides is 1. The molecule has 0 radical (unpaired) electrons. The molecule has 0 saturated carbocycles. The maximum Gasteiger partial charge on any atom is 0.254 e. The van der Waals surface area contributed by atoms with E-state index in [0.29, 0.717) is 24.3 Å². The Morgan fingerprint density at radius 3 is 2.85 bits per heavy atom. The Hall–Kier alpha value is -2.83. The van der Waals surface area contributed by atoms with Crippen molar-refractivity contribution in [3.05, 3.63) is 52.1 Å². The van der Waals surface area contributed by atoms with E-state index >= 15 is 0 Å². The highest BCUT2D eigenvalue weighted by Crippen LogP contribution is 2.30. The zero-order valence-electron chi connectivity index (χ0n) is 15.5. The molecule has 4 rings (SSSR count). The number of rotatable bonds is 4. The number of pyridine rings is 2. The van der Waals surface area contributed by atoms with Gasteiger partial charge in [-0.3, -0.25) is 9.59 Å². The number of nitrogens with zero attached hydrogens (tertiary/aromatic N) is 3. The fourth-order valence-electron chi connectivity index (χ4n) is 3.82. The minimum absolute atomic E-state index is 0.0670. The highest BCUT2D eigenvalue weighted by atomic mass is 16.5. The highest BCUT2D eigenvalue weighted by molar-refractivity contribution is 5.94. The average Bonchev–Trinajstić information content (AvgIpc) is 3.33. The first kappa shape index (κ1) is 17.6. The molecule has 7 nitrogen and oxygen atoms in total. The van der Waals surface area contributed by atoms with E-state index in [1.807, 2.05) is 12.1 Å². The lowest BCUT2D eigenvalue weighted by Crippen LogP contribution is -2.32. The van der Waals surface area contributed by atoms with Gasteiger partial charge in [0.25, 0.3) is 5.91 Å². The Morgan fingerprint density at radius 1 is 1.26 bits per heavy atom. The van der Waals surface area contributed by atoms with E-state index in [9.17, 15) is 9.59 Å². The summed E-state index contributed by atoms with van der Waals surface area (Å²) in [7, 11) is 0. The van der Waals surface area contributed by atoms with Crippen molar-refractivity contribution in [2.75, 3.05) is 31.1 Å². The molecule has 1 N–H and O–H groups in total. The third kappa shape index (κ3) is 3.82. The Labute approximate surface area is 158 Å². The molecule has 2 aliphatic rings. The molecule has 0 aromatic carbocycles. The van der Waals surface area contributed by atoms with E-state index in [4.69, 9.17) is 4.74 Å². The van der Waals surface area contributed by atoms with Crippen LogP contribution in [0.25, 0.3) is 0 Å². The number of aryl methyl sites for hydroxylation is 1. The SMILES string of the molecule is Cc1cc(C(=O)N2CC[C@H](Oc3cccnc3N3CCCC3)C2)cc(=O)[nH]1. The van der Waals surface area contributed by atoms with E-state index in [0.717, 1.165) is 31.1 Å². The molecule has 142 valence electrons. The van der Waals surface area contributed by atoms with Crippen molar-refractivity contribution in [2.45, 2.75) is 32.3 Å². The molecule has 1 amide bonds. The lowest BCUT2D eigenvalue weighted by molar-refractivity contribution is 0.0772. The Morgan fingerprint density at radius 2 is 2.07 bits per heavy atom. The van der Waals surface area contributed by atoms with Crippen LogP contribution >= 0.6 is 0 Å². The number of ether oxygens (including phenoxy) is 1. The molecule has 2 aromatic rings. The second kappa shape index (κ2) is 7.42. The number of aromatic amines is 1. The molecule has 4 heterocycles. The first-order valence-corrected chi connectivity index (χ1v) is 9.47. The van der Waals surface area contributed by atoms with Crippen LogP contribution in [0, 0.1) is 6.92 Å². The first-order chi connectivity index (χ1) is 13.1. The lowest BCUT2D eigenvalue weighted by atomic mass is 10.2. The summed E-state index contributed by atoms with van der Waals surface area (Å²) >= 11 is 0. The number of carbonyl (C=O) groups is 1. The standard InChI is InChI=1S/C20H24N4O3/c1-14-11-15(12-18(25)22-14)20(26)24-10-6-16(13-24)27-17-5-4-7-21-19(17)23-8-2-3-9-23/h4-5,7,11-12,16H,2-3,6,8-10,13H2,1H3,(H,22,25)/t16-/m0/s1. The van der Waals surface area contributed by atoms with E-state index in [-0.39, 0.29) is 17.6 Å². The fraction of sp³-hybridized carbons (Fsp3) is 0.450.